The van der Waals surface area contributed by atoms with Gasteiger partial charge in [-0.05, 0) is 44.2 Å². The first kappa shape index (κ1) is 15.2. The quantitative estimate of drug-likeness (QED) is 0.761. The lowest BCUT2D eigenvalue weighted by atomic mass is 9.84. The van der Waals surface area contributed by atoms with E-state index in [2.05, 4.69) is 25.2 Å². The molecule has 1 aliphatic rings. The number of hydrogen-bond donors (Lipinski definition) is 1. The zero-order valence-electron chi connectivity index (χ0n) is 11.8. The molecule has 0 saturated heterocycles. The molecule has 2 atom stereocenters. The van der Waals surface area contributed by atoms with Gasteiger partial charge in [-0.15, -0.1) is 0 Å². The second kappa shape index (κ2) is 6.97. The Morgan fingerprint density at radius 2 is 1.79 bits per heavy atom. The van der Waals surface area contributed by atoms with E-state index in [1.165, 1.54) is 32.1 Å². The third-order valence-electron chi connectivity index (χ3n) is 4.32. The summed E-state index contributed by atoms with van der Waals surface area (Å²) in [5.74, 6) is 0.800. The highest BCUT2D eigenvalue weighted by atomic mass is 35.5. The van der Waals surface area contributed by atoms with Crippen LogP contribution in [-0.2, 0) is 0 Å². The van der Waals surface area contributed by atoms with Crippen molar-refractivity contribution in [1.82, 2.24) is 5.32 Å². The van der Waals surface area contributed by atoms with Crippen molar-refractivity contribution >= 4 is 23.2 Å². The normalized spacial score (nSPS) is 20.2. The van der Waals surface area contributed by atoms with Crippen molar-refractivity contribution in [2.45, 2.75) is 58.0 Å². The van der Waals surface area contributed by atoms with Gasteiger partial charge in [0.25, 0.3) is 0 Å². The fourth-order valence-electron chi connectivity index (χ4n) is 3.11. The Balaban J connectivity index is 1.99. The molecule has 1 aromatic carbocycles. The second-order valence-electron chi connectivity index (χ2n) is 5.72. The average Bonchev–Trinajstić information content (AvgIpc) is 2.42. The molecule has 0 heterocycles. The molecular weight excluding hydrogens is 277 g/mol. The maximum Gasteiger partial charge on any atom is 0.0639 e. The highest BCUT2D eigenvalue weighted by molar-refractivity contribution is 6.42. The Hall–Kier alpha value is -0.240. The van der Waals surface area contributed by atoms with Crippen LogP contribution in [-0.4, -0.2) is 6.04 Å². The Morgan fingerprint density at radius 3 is 2.47 bits per heavy atom. The van der Waals surface area contributed by atoms with Crippen LogP contribution in [0.15, 0.2) is 18.2 Å². The van der Waals surface area contributed by atoms with Gasteiger partial charge in [-0.2, -0.15) is 0 Å². The predicted molar refractivity (Wildman–Crippen MR) is 84.0 cm³/mol. The average molecular weight is 300 g/mol. The van der Waals surface area contributed by atoms with Crippen molar-refractivity contribution in [3.05, 3.63) is 33.8 Å². The first-order valence-electron chi connectivity index (χ1n) is 7.29. The molecule has 106 valence electrons. The van der Waals surface area contributed by atoms with E-state index in [1.54, 1.807) is 0 Å². The molecule has 1 fully saturated rings. The van der Waals surface area contributed by atoms with E-state index >= 15 is 0 Å². The first-order chi connectivity index (χ1) is 9.09. The molecule has 0 amide bonds. The van der Waals surface area contributed by atoms with Gasteiger partial charge in [0.2, 0.25) is 0 Å². The van der Waals surface area contributed by atoms with Crippen LogP contribution in [0, 0.1) is 5.92 Å². The number of halogens is 2. The van der Waals surface area contributed by atoms with Gasteiger partial charge in [-0.3, -0.25) is 0 Å². The van der Waals surface area contributed by atoms with Gasteiger partial charge in [0.1, 0.15) is 0 Å². The summed E-state index contributed by atoms with van der Waals surface area (Å²) >= 11 is 12.4. The minimum Gasteiger partial charge on any atom is -0.307 e. The zero-order valence-corrected chi connectivity index (χ0v) is 13.3. The summed E-state index contributed by atoms with van der Waals surface area (Å²) in [6.07, 6.45) is 6.86. The van der Waals surface area contributed by atoms with Crippen molar-refractivity contribution in [3.63, 3.8) is 0 Å². The molecule has 1 aliphatic carbocycles. The number of benzene rings is 1. The summed E-state index contributed by atoms with van der Waals surface area (Å²) in [7, 11) is 0. The predicted octanol–water partition coefficient (Wildman–Crippen LogP) is 5.61. The van der Waals surface area contributed by atoms with Crippen molar-refractivity contribution in [2.24, 2.45) is 5.92 Å². The molecular formula is C16H23Cl2N. The molecule has 1 nitrogen and oxygen atoms in total. The minimum absolute atomic E-state index is 0.239. The van der Waals surface area contributed by atoms with Gasteiger partial charge >= 0.3 is 0 Å². The molecule has 0 aliphatic heterocycles. The molecule has 0 aromatic heterocycles. The third-order valence-corrected chi connectivity index (χ3v) is 5.15. The van der Waals surface area contributed by atoms with E-state index in [9.17, 15) is 0 Å². The van der Waals surface area contributed by atoms with Crippen LogP contribution in [0.1, 0.15) is 57.6 Å². The van der Waals surface area contributed by atoms with E-state index in [1.807, 2.05) is 12.1 Å². The molecule has 3 heteroatoms. The van der Waals surface area contributed by atoms with E-state index < -0.39 is 0 Å². The van der Waals surface area contributed by atoms with Crippen molar-refractivity contribution in [3.8, 4) is 0 Å². The maximum absolute atomic E-state index is 6.29. The number of hydrogen-bond acceptors (Lipinski definition) is 1. The van der Waals surface area contributed by atoms with Crippen molar-refractivity contribution in [2.75, 3.05) is 0 Å². The Kier molecular flexibility index (Phi) is 5.56. The topological polar surface area (TPSA) is 12.0 Å². The Labute approximate surface area is 126 Å². The van der Waals surface area contributed by atoms with E-state index in [0.717, 1.165) is 11.5 Å². The van der Waals surface area contributed by atoms with Crippen molar-refractivity contribution < 1.29 is 0 Å². The molecule has 0 spiro atoms. The van der Waals surface area contributed by atoms with Crippen LogP contribution in [0.25, 0.3) is 0 Å². The molecule has 0 radical (unpaired) electrons. The van der Waals surface area contributed by atoms with Crippen LogP contribution in [0.3, 0.4) is 0 Å². The summed E-state index contributed by atoms with van der Waals surface area (Å²) in [6.45, 7) is 4.46. The van der Waals surface area contributed by atoms with Crippen LogP contribution < -0.4 is 5.32 Å². The van der Waals surface area contributed by atoms with E-state index in [-0.39, 0.29) is 6.04 Å². The fourth-order valence-corrected chi connectivity index (χ4v) is 3.58. The smallest absolute Gasteiger partial charge is 0.0639 e. The monoisotopic (exact) mass is 299 g/mol. The lowest BCUT2D eigenvalue weighted by Gasteiger charge is -2.31. The van der Waals surface area contributed by atoms with E-state index in [4.69, 9.17) is 23.2 Å². The Morgan fingerprint density at radius 1 is 1.11 bits per heavy atom. The summed E-state index contributed by atoms with van der Waals surface area (Å²) < 4.78 is 0. The van der Waals surface area contributed by atoms with Gasteiger partial charge in [0.05, 0.1) is 10.0 Å². The summed E-state index contributed by atoms with van der Waals surface area (Å²) in [5, 5.41) is 5.01. The van der Waals surface area contributed by atoms with E-state index in [0.29, 0.717) is 16.1 Å². The molecule has 0 bridgehead atoms. The molecule has 1 aromatic rings. The molecule has 2 rings (SSSR count). The maximum atomic E-state index is 6.29. The standard InChI is InChI=1S/C16H23Cl2N/c1-11(13-7-4-3-5-8-13)19-12(2)14-9-6-10-15(17)16(14)18/h6,9-13,19H,3-5,7-8H2,1-2H3. The van der Waals surface area contributed by atoms with Crippen LogP contribution in [0.4, 0.5) is 0 Å². The van der Waals surface area contributed by atoms with Crippen LogP contribution in [0.2, 0.25) is 10.0 Å². The minimum atomic E-state index is 0.239. The summed E-state index contributed by atoms with van der Waals surface area (Å²) in [6, 6.07) is 6.63. The third kappa shape index (κ3) is 3.87. The van der Waals surface area contributed by atoms with Crippen LogP contribution in [0.5, 0.6) is 0 Å². The Bertz CT molecular complexity index is 413. The van der Waals surface area contributed by atoms with Gasteiger partial charge in [-0.25, -0.2) is 0 Å². The van der Waals surface area contributed by atoms with Crippen LogP contribution >= 0.6 is 23.2 Å². The molecule has 1 N–H and O–H groups in total. The summed E-state index contributed by atoms with van der Waals surface area (Å²) in [5.41, 5.74) is 1.09. The zero-order chi connectivity index (χ0) is 13.8. The molecule has 1 saturated carbocycles. The van der Waals surface area contributed by atoms with Gasteiger partial charge in [0, 0.05) is 12.1 Å². The fraction of sp³-hybridized carbons (Fsp3) is 0.625. The number of rotatable bonds is 4. The highest BCUT2D eigenvalue weighted by Crippen LogP contribution is 2.32. The first-order valence-corrected chi connectivity index (χ1v) is 8.05. The molecule has 2 unspecified atom stereocenters. The highest BCUT2D eigenvalue weighted by Gasteiger charge is 2.22. The second-order valence-corrected chi connectivity index (χ2v) is 6.50. The summed E-state index contributed by atoms with van der Waals surface area (Å²) in [4.78, 5) is 0. The van der Waals surface area contributed by atoms with Gasteiger partial charge < -0.3 is 5.32 Å². The van der Waals surface area contributed by atoms with Crippen molar-refractivity contribution in [1.29, 1.82) is 0 Å². The molecule has 19 heavy (non-hydrogen) atoms. The van der Waals surface area contributed by atoms with Gasteiger partial charge in [0.15, 0.2) is 0 Å². The largest absolute Gasteiger partial charge is 0.307 e. The lowest BCUT2D eigenvalue weighted by Crippen LogP contribution is -2.36. The lowest BCUT2D eigenvalue weighted by molar-refractivity contribution is 0.268. The van der Waals surface area contributed by atoms with Gasteiger partial charge in [-0.1, -0.05) is 54.6 Å². The number of nitrogens with one attached hydrogen (secondary N) is 1. The SMILES string of the molecule is CC(NC(C)C1CCCCC1)c1cccc(Cl)c1Cl.